The first-order valence-corrected chi connectivity index (χ1v) is 5.75. The van der Waals surface area contributed by atoms with Crippen LogP contribution in [-0.2, 0) is 0 Å². The number of hydrogen-bond donors (Lipinski definition) is 1. The molecule has 0 aliphatic rings. The summed E-state index contributed by atoms with van der Waals surface area (Å²) in [5.41, 5.74) is 1.19. The SMILES string of the molecule is CCCCC(NC(C)C)c1cncnc1. The van der Waals surface area contributed by atoms with Gasteiger partial charge in [0.1, 0.15) is 6.33 Å². The highest BCUT2D eigenvalue weighted by Crippen LogP contribution is 2.18. The fourth-order valence-electron chi connectivity index (χ4n) is 1.65. The number of nitrogens with one attached hydrogen (secondary N) is 1. The molecule has 3 nitrogen and oxygen atoms in total. The lowest BCUT2D eigenvalue weighted by atomic mass is 10.0. The lowest BCUT2D eigenvalue weighted by Crippen LogP contribution is -2.28. The van der Waals surface area contributed by atoms with Crippen LogP contribution in [0.3, 0.4) is 0 Å². The van der Waals surface area contributed by atoms with Crippen LogP contribution in [0.4, 0.5) is 0 Å². The highest BCUT2D eigenvalue weighted by Gasteiger charge is 2.11. The van der Waals surface area contributed by atoms with E-state index in [1.54, 1.807) is 6.33 Å². The lowest BCUT2D eigenvalue weighted by molar-refractivity contribution is 0.438. The quantitative estimate of drug-likeness (QED) is 0.779. The fourth-order valence-corrected chi connectivity index (χ4v) is 1.65. The molecule has 0 aliphatic carbocycles. The molecule has 1 N–H and O–H groups in total. The van der Waals surface area contributed by atoms with Crippen LogP contribution in [0.15, 0.2) is 18.7 Å². The van der Waals surface area contributed by atoms with E-state index in [9.17, 15) is 0 Å². The van der Waals surface area contributed by atoms with Crippen molar-refractivity contribution in [1.29, 1.82) is 0 Å². The molecule has 0 aromatic carbocycles. The van der Waals surface area contributed by atoms with Crippen molar-refractivity contribution in [2.75, 3.05) is 0 Å². The molecule has 0 bridgehead atoms. The number of hydrogen-bond acceptors (Lipinski definition) is 3. The zero-order valence-electron chi connectivity index (χ0n) is 9.90. The van der Waals surface area contributed by atoms with Crippen LogP contribution >= 0.6 is 0 Å². The maximum absolute atomic E-state index is 4.07. The third-order valence-electron chi connectivity index (χ3n) is 2.36. The summed E-state index contributed by atoms with van der Waals surface area (Å²) in [6, 6.07) is 0.887. The smallest absolute Gasteiger partial charge is 0.115 e. The third kappa shape index (κ3) is 4.38. The van der Waals surface area contributed by atoms with Gasteiger partial charge in [-0.3, -0.25) is 0 Å². The molecular weight excluding hydrogens is 186 g/mol. The number of aromatic nitrogens is 2. The van der Waals surface area contributed by atoms with E-state index in [4.69, 9.17) is 0 Å². The number of rotatable bonds is 6. The van der Waals surface area contributed by atoms with Crippen LogP contribution < -0.4 is 5.32 Å². The van der Waals surface area contributed by atoms with Crippen LogP contribution in [0.5, 0.6) is 0 Å². The first-order chi connectivity index (χ1) is 7.24. The molecule has 1 unspecified atom stereocenters. The Labute approximate surface area is 92.3 Å². The Morgan fingerprint density at radius 3 is 2.47 bits per heavy atom. The average molecular weight is 207 g/mol. The largest absolute Gasteiger partial charge is 0.308 e. The Bertz CT molecular complexity index is 259. The van der Waals surface area contributed by atoms with Gasteiger partial charge in [-0.15, -0.1) is 0 Å². The second-order valence-corrected chi connectivity index (χ2v) is 4.19. The van der Waals surface area contributed by atoms with Crippen molar-refractivity contribution in [1.82, 2.24) is 15.3 Å². The summed E-state index contributed by atoms with van der Waals surface area (Å²) in [6.07, 6.45) is 9.01. The van der Waals surface area contributed by atoms with Crippen molar-refractivity contribution >= 4 is 0 Å². The molecule has 1 aromatic rings. The van der Waals surface area contributed by atoms with Crippen molar-refractivity contribution in [3.05, 3.63) is 24.3 Å². The molecule has 0 amide bonds. The van der Waals surface area contributed by atoms with Gasteiger partial charge >= 0.3 is 0 Å². The van der Waals surface area contributed by atoms with Gasteiger partial charge in [0.2, 0.25) is 0 Å². The molecule has 15 heavy (non-hydrogen) atoms. The molecule has 84 valence electrons. The van der Waals surface area contributed by atoms with E-state index >= 15 is 0 Å². The third-order valence-corrected chi connectivity index (χ3v) is 2.36. The van der Waals surface area contributed by atoms with E-state index in [-0.39, 0.29) is 0 Å². The van der Waals surface area contributed by atoms with Gasteiger partial charge in [0.05, 0.1) is 0 Å². The predicted molar refractivity (Wildman–Crippen MR) is 62.6 cm³/mol. The zero-order valence-corrected chi connectivity index (χ0v) is 9.90. The second-order valence-electron chi connectivity index (χ2n) is 4.19. The van der Waals surface area contributed by atoms with E-state index < -0.39 is 0 Å². The van der Waals surface area contributed by atoms with Gasteiger partial charge in [-0.05, 0) is 6.42 Å². The van der Waals surface area contributed by atoms with E-state index in [2.05, 4.69) is 36.1 Å². The van der Waals surface area contributed by atoms with Crippen LogP contribution in [0.1, 0.15) is 51.6 Å². The predicted octanol–water partition coefficient (Wildman–Crippen LogP) is 2.71. The van der Waals surface area contributed by atoms with Crippen molar-refractivity contribution in [2.24, 2.45) is 0 Å². The minimum absolute atomic E-state index is 0.395. The summed E-state index contributed by atoms with van der Waals surface area (Å²) < 4.78 is 0. The minimum atomic E-state index is 0.395. The zero-order chi connectivity index (χ0) is 11.1. The minimum Gasteiger partial charge on any atom is -0.308 e. The maximum atomic E-state index is 4.07. The first kappa shape index (κ1) is 12.1. The molecule has 0 spiro atoms. The molecule has 0 saturated heterocycles. The molecule has 3 heteroatoms. The average Bonchev–Trinajstić information content (AvgIpc) is 2.25. The van der Waals surface area contributed by atoms with E-state index in [1.807, 2.05) is 12.4 Å². The van der Waals surface area contributed by atoms with Gasteiger partial charge in [-0.2, -0.15) is 0 Å². The molecule has 0 radical (unpaired) electrons. The Hall–Kier alpha value is -0.960. The van der Waals surface area contributed by atoms with Gasteiger partial charge in [0.25, 0.3) is 0 Å². The first-order valence-electron chi connectivity index (χ1n) is 5.75. The second kappa shape index (κ2) is 6.51. The fraction of sp³-hybridized carbons (Fsp3) is 0.667. The molecule has 0 aliphatic heterocycles. The van der Waals surface area contributed by atoms with Crippen molar-refractivity contribution in [2.45, 2.75) is 52.1 Å². The highest BCUT2D eigenvalue weighted by molar-refractivity contribution is 5.09. The monoisotopic (exact) mass is 207 g/mol. The Morgan fingerprint density at radius 2 is 1.93 bits per heavy atom. The molecule has 1 aromatic heterocycles. The Kier molecular flexibility index (Phi) is 5.26. The lowest BCUT2D eigenvalue weighted by Gasteiger charge is -2.20. The molecule has 1 heterocycles. The number of unbranched alkanes of at least 4 members (excludes halogenated alkanes) is 1. The van der Waals surface area contributed by atoms with Gasteiger partial charge in [-0.1, -0.05) is 33.6 Å². The van der Waals surface area contributed by atoms with Crippen LogP contribution in [0.2, 0.25) is 0 Å². The van der Waals surface area contributed by atoms with Crippen molar-refractivity contribution in [3.8, 4) is 0 Å². The highest BCUT2D eigenvalue weighted by atomic mass is 14.9. The van der Waals surface area contributed by atoms with E-state index in [0.717, 1.165) is 6.42 Å². The van der Waals surface area contributed by atoms with E-state index in [0.29, 0.717) is 12.1 Å². The van der Waals surface area contributed by atoms with Crippen LogP contribution in [-0.4, -0.2) is 16.0 Å². The van der Waals surface area contributed by atoms with Crippen LogP contribution in [0.25, 0.3) is 0 Å². The molecule has 1 atom stereocenters. The molecule has 0 fully saturated rings. The number of nitrogens with zero attached hydrogens (tertiary/aromatic N) is 2. The van der Waals surface area contributed by atoms with Crippen molar-refractivity contribution in [3.63, 3.8) is 0 Å². The summed E-state index contributed by atoms with van der Waals surface area (Å²) >= 11 is 0. The van der Waals surface area contributed by atoms with E-state index in [1.165, 1.54) is 18.4 Å². The summed E-state index contributed by atoms with van der Waals surface area (Å²) in [6.45, 7) is 6.55. The molecular formula is C12H21N3. The standard InChI is InChI=1S/C12H21N3/c1-4-5-6-12(15-10(2)3)11-7-13-9-14-8-11/h7-10,12,15H,4-6H2,1-3H3. The Balaban J connectivity index is 2.63. The summed E-state index contributed by atoms with van der Waals surface area (Å²) in [5.74, 6) is 0. The summed E-state index contributed by atoms with van der Waals surface area (Å²) in [4.78, 5) is 8.14. The Morgan fingerprint density at radius 1 is 1.27 bits per heavy atom. The van der Waals surface area contributed by atoms with Crippen LogP contribution in [0, 0.1) is 0 Å². The maximum Gasteiger partial charge on any atom is 0.115 e. The normalized spacial score (nSPS) is 13.1. The molecule has 1 rings (SSSR count). The molecule has 0 saturated carbocycles. The van der Waals surface area contributed by atoms with Gasteiger partial charge < -0.3 is 5.32 Å². The van der Waals surface area contributed by atoms with Gasteiger partial charge in [-0.25, -0.2) is 9.97 Å². The summed E-state index contributed by atoms with van der Waals surface area (Å²) in [5, 5.41) is 3.55. The van der Waals surface area contributed by atoms with Crippen molar-refractivity contribution < 1.29 is 0 Å². The topological polar surface area (TPSA) is 37.8 Å². The van der Waals surface area contributed by atoms with Gasteiger partial charge in [0, 0.05) is 30.0 Å². The van der Waals surface area contributed by atoms with Gasteiger partial charge in [0.15, 0.2) is 0 Å². The summed E-state index contributed by atoms with van der Waals surface area (Å²) in [7, 11) is 0.